The van der Waals surface area contributed by atoms with E-state index < -0.39 is 23.7 Å². The summed E-state index contributed by atoms with van der Waals surface area (Å²) in [6, 6.07) is 7.41. The number of amides is 1. The molecule has 1 aromatic carbocycles. The van der Waals surface area contributed by atoms with Gasteiger partial charge in [0.1, 0.15) is 17.7 Å². The molecule has 0 fully saturated rings. The smallest absolute Gasteiger partial charge is 0.332 e. The van der Waals surface area contributed by atoms with Crippen LogP contribution in [0.1, 0.15) is 25.0 Å². The lowest BCUT2D eigenvalue weighted by atomic mass is 10.1. The lowest BCUT2D eigenvalue weighted by molar-refractivity contribution is -0.116. The van der Waals surface area contributed by atoms with Crippen molar-refractivity contribution in [3.05, 3.63) is 62.4 Å². The van der Waals surface area contributed by atoms with Crippen molar-refractivity contribution in [2.75, 3.05) is 12.4 Å². The summed E-state index contributed by atoms with van der Waals surface area (Å²) in [6.07, 6.45) is 3.10. The van der Waals surface area contributed by atoms with Gasteiger partial charge in [0, 0.05) is 24.5 Å². The lowest BCUT2D eigenvalue weighted by Crippen LogP contribution is -2.42. The van der Waals surface area contributed by atoms with Gasteiger partial charge in [-0.1, -0.05) is 26.0 Å². The van der Waals surface area contributed by atoms with Crippen molar-refractivity contribution < 1.29 is 9.53 Å². The summed E-state index contributed by atoms with van der Waals surface area (Å²) in [6.45, 7) is 3.56. The highest BCUT2D eigenvalue weighted by molar-refractivity contribution is 5.91. The van der Waals surface area contributed by atoms with E-state index in [0.29, 0.717) is 17.9 Å². The Balaban J connectivity index is 2.03. The maximum absolute atomic E-state index is 13.1. The predicted molar refractivity (Wildman–Crippen MR) is 112 cm³/mol. The molecule has 0 aliphatic rings. The molecule has 8 heteroatoms. The summed E-state index contributed by atoms with van der Waals surface area (Å²) < 4.78 is 7.59. The molecule has 0 spiro atoms. The van der Waals surface area contributed by atoms with Gasteiger partial charge in [-0.3, -0.25) is 14.2 Å². The van der Waals surface area contributed by atoms with E-state index in [9.17, 15) is 14.4 Å². The Morgan fingerprint density at radius 3 is 2.41 bits per heavy atom. The number of carbonyl (C=O) groups is 1. The van der Waals surface area contributed by atoms with Gasteiger partial charge in [-0.25, -0.2) is 14.3 Å². The average Bonchev–Trinajstić information content (AvgIpc) is 2.74. The molecular weight excluding hydrogens is 372 g/mol. The van der Waals surface area contributed by atoms with Crippen LogP contribution in [0.25, 0.3) is 11.0 Å². The van der Waals surface area contributed by atoms with Crippen LogP contribution in [0.4, 0.5) is 5.69 Å². The second-order valence-corrected chi connectivity index (χ2v) is 6.70. The first-order chi connectivity index (χ1) is 13.9. The Kier molecular flexibility index (Phi) is 5.81. The maximum atomic E-state index is 13.1. The topological polar surface area (TPSA) is 95.2 Å². The highest BCUT2D eigenvalue weighted by Crippen LogP contribution is 2.25. The van der Waals surface area contributed by atoms with Gasteiger partial charge in [0.2, 0.25) is 5.91 Å². The number of anilines is 1. The van der Waals surface area contributed by atoms with Crippen molar-refractivity contribution in [2.24, 2.45) is 7.05 Å². The van der Waals surface area contributed by atoms with Crippen LogP contribution in [0.2, 0.25) is 0 Å². The molecule has 0 unspecified atom stereocenters. The van der Waals surface area contributed by atoms with Crippen molar-refractivity contribution in [1.29, 1.82) is 0 Å². The Morgan fingerprint density at radius 1 is 1.14 bits per heavy atom. The zero-order chi connectivity index (χ0) is 21.1. The van der Waals surface area contributed by atoms with Crippen molar-refractivity contribution in [3.8, 4) is 5.75 Å². The van der Waals surface area contributed by atoms with E-state index in [2.05, 4.69) is 10.3 Å². The number of aryl methyl sites for hydroxylation is 3. The molecule has 1 N–H and O–H groups in total. The Labute approximate surface area is 167 Å². The van der Waals surface area contributed by atoms with Crippen molar-refractivity contribution in [2.45, 2.75) is 33.2 Å². The number of rotatable bonds is 6. The summed E-state index contributed by atoms with van der Waals surface area (Å²) >= 11 is 0. The van der Waals surface area contributed by atoms with E-state index >= 15 is 0 Å². The standard InChI is InChI=1S/C21H24N4O4/c1-5-13-7-9-15(10-8-13)23-16(26)12-25-20(27)17-18(29-4)14(6-2)11-22-19(17)24(3)21(25)28/h7-11H,5-6,12H2,1-4H3,(H,23,26). The van der Waals surface area contributed by atoms with E-state index in [4.69, 9.17) is 4.74 Å². The molecule has 3 aromatic rings. The number of hydrogen-bond donors (Lipinski definition) is 1. The van der Waals surface area contributed by atoms with E-state index in [1.807, 2.05) is 26.0 Å². The molecule has 0 saturated heterocycles. The molecule has 2 heterocycles. The molecule has 1 amide bonds. The Hall–Kier alpha value is -3.42. The number of aromatic nitrogens is 3. The van der Waals surface area contributed by atoms with Crippen LogP contribution in [0.3, 0.4) is 0 Å². The minimum Gasteiger partial charge on any atom is -0.495 e. The maximum Gasteiger partial charge on any atom is 0.332 e. The second-order valence-electron chi connectivity index (χ2n) is 6.70. The van der Waals surface area contributed by atoms with Crippen molar-refractivity contribution in [3.63, 3.8) is 0 Å². The summed E-state index contributed by atoms with van der Waals surface area (Å²) in [4.78, 5) is 42.5. The van der Waals surface area contributed by atoms with Gasteiger partial charge >= 0.3 is 5.69 Å². The van der Waals surface area contributed by atoms with Crippen LogP contribution >= 0.6 is 0 Å². The molecule has 3 rings (SSSR count). The lowest BCUT2D eigenvalue weighted by Gasteiger charge is -2.14. The number of nitrogens with one attached hydrogen (secondary N) is 1. The summed E-state index contributed by atoms with van der Waals surface area (Å²) in [5.41, 5.74) is 1.51. The number of hydrogen-bond acceptors (Lipinski definition) is 5. The zero-order valence-corrected chi connectivity index (χ0v) is 17.0. The molecule has 0 radical (unpaired) electrons. The molecule has 0 atom stereocenters. The van der Waals surface area contributed by atoms with Crippen LogP contribution in [0, 0.1) is 0 Å². The normalized spacial score (nSPS) is 10.9. The Morgan fingerprint density at radius 2 is 1.83 bits per heavy atom. The van der Waals surface area contributed by atoms with Gasteiger partial charge in [-0.15, -0.1) is 0 Å². The van der Waals surface area contributed by atoms with Crippen molar-refractivity contribution >= 4 is 22.6 Å². The van der Waals surface area contributed by atoms with Crippen LogP contribution in [-0.2, 0) is 31.2 Å². The number of methoxy groups -OCH3 is 1. The molecule has 2 aromatic heterocycles. The van der Waals surface area contributed by atoms with Crippen LogP contribution in [-0.4, -0.2) is 27.1 Å². The number of fused-ring (bicyclic) bond motifs is 1. The Bertz CT molecular complexity index is 1180. The minimum atomic E-state index is -0.613. The van der Waals surface area contributed by atoms with Crippen LogP contribution < -0.4 is 21.3 Å². The predicted octanol–water partition coefficient (Wildman–Crippen LogP) is 1.87. The first kappa shape index (κ1) is 20.3. The van der Waals surface area contributed by atoms with Crippen molar-refractivity contribution in [1.82, 2.24) is 14.1 Å². The second kappa shape index (κ2) is 8.30. The largest absolute Gasteiger partial charge is 0.495 e. The van der Waals surface area contributed by atoms with Crippen LogP contribution in [0.15, 0.2) is 40.1 Å². The van der Waals surface area contributed by atoms with E-state index in [-0.39, 0.29) is 11.0 Å². The fraction of sp³-hybridized carbons (Fsp3) is 0.333. The number of benzene rings is 1. The zero-order valence-electron chi connectivity index (χ0n) is 17.0. The van der Waals surface area contributed by atoms with E-state index in [1.165, 1.54) is 18.7 Å². The molecule has 0 aliphatic carbocycles. The van der Waals surface area contributed by atoms with Gasteiger partial charge in [-0.2, -0.15) is 0 Å². The van der Waals surface area contributed by atoms with Gasteiger partial charge < -0.3 is 10.1 Å². The number of carbonyl (C=O) groups excluding carboxylic acids is 1. The first-order valence-corrected chi connectivity index (χ1v) is 9.45. The monoisotopic (exact) mass is 396 g/mol. The minimum absolute atomic E-state index is 0.189. The summed E-state index contributed by atoms with van der Waals surface area (Å²) in [5, 5.41) is 2.91. The highest BCUT2D eigenvalue weighted by atomic mass is 16.5. The van der Waals surface area contributed by atoms with Gasteiger partial charge in [-0.05, 0) is 30.5 Å². The molecule has 0 bridgehead atoms. The molecule has 0 saturated carbocycles. The molecule has 152 valence electrons. The third kappa shape index (κ3) is 3.78. The molecule has 8 nitrogen and oxygen atoms in total. The van der Waals surface area contributed by atoms with E-state index in [1.54, 1.807) is 18.3 Å². The van der Waals surface area contributed by atoms with Gasteiger partial charge in [0.05, 0.1) is 7.11 Å². The average molecular weight is 396 g/mol. The van der Waals surface area contributed by atoms with Gasteiger partial charge in [0.25, 0.3) is 5.56 Å². The highest BCUT2D eigenvalue weighted by Gasteiger charge is 2.20. The summed E-state index contributed by atoms with van der Waals surface area (Å²) in [5.74, 6) is -0.0891. The first-order valence-electron chi connectivity index (χ1n) is 9.45. The molecule has 0 aliphatic heterocycles. The number of nitrogens with zero attached hydrogens (tertiary/aromatic N) is 3. The fourth-order valence-electron chi connectivity index (χ4n) is 3.26. The molecular formula is C21H24N4O4. The third-order valence-corrected chi connectivity index (χ3v) is 4.91. The fourth-order valence-corrected chi connectivity index (χ4v) is 3.26. The van der Waals surface area contributed by atoms with Crippen LogP contribution in [0.5, 0.6) is 5.75 Å². The third-order valence-electron chi connectivity index (χ3n) is 4.91. The van der Waals surface area contributed by atoms with Gasteiger partial charge in [0.15, 0.2) is 5.65 Å². The number of ether oxygens (including phenoxy) is 1. The molecule has 29 heavy (non-hydrogen) atoms. The quantitative estimate of drug-likeness (QED) is 0.686. The summed E-state index contributed by atoms with van der Waals surface area (Å²) in [7, 11) is 2.98. The number of pyridine rings is 1. The SMILES string of the molecule is CCc1ccc(NC(=O)Cn2c(=O)c3c(OC)c(CC)cnc3n(C)c2=O)cc1. The van der Waals surface area contributed by atoms with E-state index in [0.717, 1.165) is 22.1 Å².